The van der Waals surface area contributed by atoms with Gasteiger partial charge in [0.25, 0.3) is 5.69 Å². The molecule has 2 aromatic rings. The highest BCUT2D eigenvalue weighted by atomic mass is 16.6. The van der Waals surface area contributed by atoms with Crippen molar-refractivity contribution in [2.75, 3.05) is 19.0 Å². The monoisotopic (exact) mass is 326 g/mol. The van der Waals surface area contributed by atoms with Crippen molar-refractivity contribution in [3.05, 3.63) is 56.8 Å². The van der Waals surface area contributed by atoms with Gasteiger partial charge in [0.1, 0.15) is 28.9 Å². The molecule has 0 atom stereocenters. The maximum absolute atomic E-state index is 11.1. The number of pyridine rings is 1. The first-order valence-electron chi connectivity index (χ1n) is 7.40. The minimum absolute atomic E-state index is 0.104. The second kappa shape index (κ2) is 7.42. The number of rotatable bonds is 6. The van der Waals surface area contributed by atoms with Gasteiger partial charge in [-0.15, -0.1) is 0 Å². The third-order valence-corrected chi connectivity index (χ3v) is 3.75. The number of methoxy groups -OCH3 is 1. The molecule has 0 aliphatic rings. The number of benzene rings is 1. The van der Waals surface area contributed by atoms with E-state index in [-0.39, 0.29) is 11.3 Å². The van der Waals surface area contributed by atoms with Crippen LogP contribution in [0.5, 0.6) is 5.75 Å². The molecular weight excluding hydrogens is 308 g/mol. The lowest BCUT2D eigenvalue weighted by molar-refractivity contribution is -0.386. The first-order valence-corrected chi connectivity index (χ1v) is 7.40. The van der Waals surface area contributed by atoms with Crippen LogP contribution in [0.3, 0.4) is 0 Å². The predicted molar refractivity (Wildman–Crippen MR) is 90.3 cm³/mol. The molecule has 0 fully saturated rings. The Morgan fingerprint density at radius 2 is 2.00 bits per heavy atom. The van der Waals surface area contributed by atoms with Crippen molar-refractivity contribution in [2.45, 2.75) is 20.3 Å². The second-order valence-corrected chi connectivity index (χ2v) is 5.29. The third kappa shape index (κ3) is 3.60. The highest BCUT2D eigenvalue weighted by molar-refractivity contribution is 5.63. The van der Waals surface area contributed by atoms with Crippen molar-refractivity contribution in [2.24, 2.45) is 0 Å². The fourth-order valence-electron chi connectivity index (χ4n) is 2.50. The van der Waals surface area contributed by atoms with Gasteiger partial charge in [0.15, 0.2) is 0 Å². The fraction of sp³-hybridized carbons (Fsp3) is 0.294. The lowest BCUT2D eigenvalue weighted by Crippen LogP contribution is -2.11. The zero-order chi connectivity index (χ0) is 17.7. The van der Waals surface area contributed by atoms with E-state index in [9.17, 15) is 15.4 Å². The Bertz CT molecular complexity index is 795. The Labute approximate surface area is 140 Å². The number of hydrogen-bond acceptors (Lipinski definition) is 6. The van der Waals surface area contributed by atoms with Gasteiger partial charge < -0.3 is 10.1 Å². The number of aromatic nitrogens is 1. The molecule has 0 aliphatic carbocycles. The van der Waals surface area contributed by atoms with Crippen LogP contribution in [0.25, 0.3) is 0 Å². The number of aryl methyl sites for hydroxylation is 1. The number of nitro groups is 1. The first-order chi connectivity index (χ1) is 11.5. The van der Waals surface area contributed by atoms with E-state index in [2.05, 4.69) is 10.3 Å². The van der Waals surface area contributed by atoms with Crippen LogP contribution in [0.1, 0.15) is 22.4 Å². The van der Waals surface area contributed by atoms with Gasteiger partial charge in [-0.05, 0) is 38.0 Å². The minimum Gasteiger partial charge on any atom is -0.497 e. The number of anilines is 1. The second-order valence-electron chi connectivity index (χ2n) is 5.29. The molecule has 0 saturated carbocycles. The third-order valence-electron chi connectivity index (χ3n) is 3.75. The molecule has 7 heteroatoms. The van der Waals surface area contributed by atoms with E-state index in [1.807, 2.05) is 30.3 Å². The molecule has 1 aromatic carbocycles. The summed E-state index contributed by atoms with van der Waals surface area (Å²) >= 11 is 0. The van der Waals surface area contributed by atoms with Crippen molar-refractivity contribution in [3.8, 4) is 11.8 Å². The number of nitrogens with zero attached hydrogens (tertiary/aromatic N) is 3. The molecule has 0 saturated heterocycles. The standard InChI is InChI=1S/C17H18N4O3/c1-11-15(10-18)17(20-12(2)16(11)21(22)23)19-9-8-13-4-6-14(24-3)7-5-13/h4-7H,8-9H2,1-3H3,(H,19,20). The van der Waals surface area contributed by atoms with Crippen molar-refractivity contribution >= 4 is 11.5 Å². The lowest BCUT2D eigenvalue weighted by atomic mass is 10.1. The van der Waals surface area contributed by atoms with E-state index in [1.165, 1.54) is 0 Å². The zero-order valence-corrected chi connectivity index (χ0v) is 13.8. The van der Waals surface area contributed by atoms with Gasteiger partial charge >= 0.3 is 0 Å². The van der Waals surface area contributed by atoms with Gasteiger partial charge in [-0.3, -0.25) is 10.1 Å². The normalized spacial score (nSPS) is 10.1. The average molecular weight is 326 g/mol. The van der Waals surface area contributed by atoms with Crippen LogP contribution < -0.4 is 10.1 Å². The van der Waals surface area contributed by atoms with Crippen molar-refractivity contribution in [1.29, 1.82) is 5.26 Å². The highest BCUT2D eigenvalue weighted by Crippen LogP contribution is 2.28. The average Bonchev–Trinajstić information content (AvgIpc) is 2.55. The molecule has 0 bridgehead atoms. The summed E-state index contributed by atoms with van der Waals surface area (Å²) in [5.74, 6) is 1.17. The molecule has 1 aromatic heterocycles. The maximum atomic E-state index is 11.1. The summed E-state index contributed by atoms with van der Waals surface area (Å²) in [4.78, 5) is 14.8. The van der Waals surface area contributed by atoms with Crippen LogP contribution in [0.15, 0.2) is 24.3 Å². The highest BCUT2D eigenvalue weighted by Gasteiger charge is 2.22. The zero-order valence-electron chi connectivity index (χ0n) is 13.8. The summed E-state index contributed by atoms with van der Waals surface area (Å²) in [6.45, 7) is 3.70. The van der Waals surface area contributed by atoms with Crippen LogP contribution in [0.4, 0.5) is 11.5 Å². The molecule has 1 N–H and O–H groups in total. The van der Waals surface area contributed by atoms with E-state index in [1.54, 1.807) is 21.0 Å². The van der Waals surface area contributed by atoms with Crippen LogP contribution in [0, 0.1) is 35.3 Å². The fourth-order valence-corrected chi connectivity index (χ4v) is 2.50. The summed E-state index contributed by atoms with van der Waals surface area (Å²) in [7, 11) is 1.62. The minimum atomic E-state index is -0.500. The summed E-state index contributed by atoms with van der Waals surface area (Å²) < 4.78 is 5.11. The molecule has 7 nitrogen and oxygen atoms in total. The summed E-state index contributed by atoms with van der Waals surface area (Å²) in [5, 5.41) is 23.5. The Morgan fingerprint density at radius 1 is 1.33 bits per heavy atom. The molecule has 124 valence electrons. The van der Waals surface area contributed by atoms with Crippen LogP contribution in [0.2, 0.25) is 0 Å². The van der Waals surface area contributed by atoms with Gasteiger partial charge in [-0.1, -0.05) is 12.1 Å². The van der Waals surface area contributed by atoms with E-state index in [4.69, 9.17) is 4.74 Å². The van der Waals surface area contributed by atoms with Crippen molar-refractivity contribution in [1.82, 2.24) is 4.98 Å². The summed E-state index contributed by atoms with van der Waals surface area (Å²) in [5.41, 5.74) is 1.84. The SMILES string of the molecule is COc1ccc(CCNc2nc(C)c([N+](=O)[O-])c(C)c2C#N)cc1. The van der Waals surface area contributed by atoms with Gasteiger partial charge in [0, 0.05) is 6.54 Å². The molecule has 0 spiro atoms. The Hall–Kier alpha value is -3.14. The quantitative estimate of drug-likeness (QED) is 0.646. The van der Waals surface area contributed by atoms with Crippen LogP contribution in [-0.2, 0) is 6.42 Å². The molecule has 0 amide bonds. The number of nitrogens with one attached hydrogen (secondary N) is 1. The summed E-state index contributed by atoms with van der Waals surface area (Å²) in [6, 6.07) is 9.70. The Balaban J connectivity index is 2.15. The molecule has 0 unspecified atom stereocenters. The Kier molecular flexibility index (Phi) is 5.32. The Morgan fingerprint density at radius 3 is 2.54 bits per heavy atom. The van der Waals surface area contributed by atoms with Gasteiger partial charge in [-0.2, -0.15) is 5.26 Å². The predicted octanol–water partition coefficient (Wildman–Crippen LogP) is 3.14. The van der Waals surface area contributed by atoms with Gasteiger partial charge in [0.05, 0.1) is 17.6 Å². The largest absolute Gasteiger partial charge is 0.497 e. The van der Waals surface area contributed by atoms with E-state index >= 15 is 0 Å². The molecule has 24 heavy (non-hydrogen) atoms. The van der Waals surface area contributed by atoms with E-state index in [0.717, 1.165) is 17.7 Å². The molecular formula is C17H18N4O3. The first kappa shape index (κ1) is 17.2. The van der Waals surface area contributed by atoms with E-state index < -0.39 is 4.92 Å². The van der Waals surface area contributed by atoms with Crippen molar-refractivity contribution in [3.63, 3.8) is 0 Å². The number of ether oxygens (including phenoxy) is 1. The molecule has 1 heterocycles. The van der Waals surface area contributed by atoms with Gasteiger partial charge in [0.2, 0.25) is 0 Å². The topological polar surface area (TPSA) is 101 Å². The molecule has 2 rings (SSSR count). The maximum Gasteiger partial charge on any atom is 0.294 e. The smallest absolute Gasteiger partial charge is 0.294 e. The van der Waals surface area contributed by atoms with Gasteiger partial charge in [-0.25, -0.2) is 4.98 Å². The number of nitriles is 1. The van der Waals surface area contributed by atoms with Crippen LogP contribution >= 0.6 is 0 Å². The molecule has 0 aliphatic heterocycles. The van der Waals surface area contributed by atoms with Crippen molar-refractivity contribution < 1.29 is 9.66 Å². The molecule has 0 radical (unpaired) electrons. The lowest BCUT2D eigenvalue weighted by Gasteiger charge is -2.11. The number of hydrogen-bond donors (Lipinski definition) is 1. The van der Waals surface area contributed by atoms with Crippen LogP contribution in [-0.4, -0.2) is 23.6 Å². The van der Waals surface area contributed by atoms with E-state index in [0.29, 0.717) is 23.6 Å². The summed E-state index contributed by atoms with van der Waals surface area (Å²) in [6.07, 6.45) is 0.728.